The summed E-state index contributed by atoms with van der Waals surface area (Å²) >= 11 is 0. The van der Waals surface area contributed by atoms with Crippen molar-refractivity contribution in [1.82, 2.24) is 5.32 Å². The molecule has 0 amide bonds. The maximum Gasteiger partial charge on any atom is 0.140 e. The molecule has 0 heterocycles. The fourth-order valence-corrected chi connectivity index (χ4v) is 0.820. The highest BCUT2D eigenvalue weighted by molar-refractivity contribution is 5.94. The van der Waals surface area contributed by atoms with E-state index in [0.717, 1.165) is 18.5 Å². The largest absolute Gasteiger partial charge is 0.394 e. The molecule has 0 saturated heterocycles. The van der Waals surface area contributed by atoms with Crippen LogP contribution in [0, 0.1) is 5.41 Å². The van der Waals surface area contributed by atoms with Crippen LogP contribution in [0.25, 0.3) is 0 Å². The maximum absolute atomic E-state index is 7.11. The minimum absolute atomic E-state index is 0.104. The first-order chi connectivity index (χ1) is 5.63. The van der Waals surface area contributed by atoms with Crippen molar-refractivity contribution >= 4 is 5.84 Å². The topological polar surface area (TPSA) is 87.9 Å². The zero-order chi connectivity index (χ0) is 9.56. The van der Waals surface area contributed by atoms with Crippen LogP contribution in [0.3, 0.4) is 0 Å². The summed E-state index contributed by atoms with van der Waals surface area (Å²) < 4.78 is 0. The van der Waals surface area contributed by atoms with E-state index in [0.29, 0.717) is 5.70 Å². The van der Waals surface area contributed by atoms with Crippen LogP contribution in [0.5, 0.6) is 0 Å². The van der Waals surface area contributed by atoms with Crippen molar-refractivity contribution in [3.05, 3.63) is 24.2 Å². The van der Waals surface area contributed by atoms with Gasteiger partial charge in [0.2, 0.25) is 0 Å². The second kappa shape index (κ2) is 5.23. The molecule has 0 aliphatic heterocycles. The van der Waals surface area contributed by atoms with Crippen LogP contribution in [0.15, 0.2) is 24.2 Å². The van der Waals surface area contributed by atoms with Crippen molar-refractivity contribution in [3.8, 4) is 0 Å². The van der Waals surface area contributed by atoms with E-state index in [-0.39, 0.29) is 5.84 Å². The number of amidine groups is 1. The van der Waals surface area contributed by atoms with Crippen molar-refractivity contribution in [1.29, 1.82) is 5.41 Å². The average Bonchev–Trinajstić information content (AvgIpc) is 2.03. The quantitative estimate of drug-likeness (QED) is 0.358. The fraction of sp³-hybridized carbons (Fsp3) is 0.375. The Morgan fingerprint density at radius 1 is 1.58 bits per heavy atom. The third kappa shape index (κ3) is 3.09. The Labute approximate surface area is 72.8 Å². The minimum atomic E-state index is -0.104. The van der Waals surface area contributed by atoms with Gasteiger partial charge < -0.3 is 16.8 Å². The van der Waals surface area contributed by atoms with Gasteiger partial charge in [0.15, 0.2) is 0 Å². The Balaban J connectivity index is 4.53. The van der Waals surface area contributed by atoms with Gasteiger partial charge in [0.25, 0.3) is 0 Å². The van der Waals surface area contributed by atoms with Crippen molar-refractivity contribution in [2.75, 3.05) is 0 Å². The third-order valence-electron chi connectivity index (χ3n) is 1.39. The molecule has 4 nitrogen and oxygen atoms in total. The molecule has 0 rings (SSSR count). The Hall–Kier alpha value is -1.45. The molecule has 0 radical (unpaired) electrons. The number of hydrogen-bond donors (Lipinski definition) is 4. The van der Waals surface area contributed by atoms with E-state index in [1.54, 1.807) is 0 Å². The van der Waals surface area contributed by atoms with Gasteiger partial charge >= 0.3 is 0 Å². The summed E-state index contributed by atoms with van der Waals surface area (Å²) in [7, 11) is 0. The Morgan fingerprint density at radius 2 is 2.17 bits per heavy atom. The van der Waals surface area contributed by atoms with E-state index < -0.39 is 0 Å². The minimum Gasteiger partial charge on any atom is -0.394 e. The highest BCUT2D eigenvalue weighted by atomic mass is 14.9. The van der Waals surface area contributed by atoms with Crippen LogP contribution in [-0.4, -0.2) is 5.84 Å². The first-order valence-corrected chi connectivity index (χ1v) is 3.83. The molecule has 0 aromatic carbocycles. The van der Waals surface area contributed by atoms with Crippen molar-refractivity contribution in [3.63, 3.8) is 0 Å². The predicted octanol–water partition coefficient (Wildman–Crippen LogP) is 0.626. The monoisotopic (exact) mass is 168 g/mol. The normalized spacial score (nSPS) is 11.8. The Kier molecular flexibility index (Phi) is 4.60. The molecule has 6 N–H and O–H groups in total. The lowest BCUT2D eigenvalue weighted by Gasteiger charge is -2.09. The summed E-state index contributed by atoms with van der Waals surface area (Å²) in [5.41, 5.74) is 11.8. The summed E-state index contributed by atoms with van der Waals surface area (Å²) in [4.78, 5) is 0. The number of nitrogens with two attached hydrogens (primary N) is 2. The lowest BCUT2D eigenvalue weighted by molar-refractivity contribution is 0.827. The summed E-state index contributed by atoms with van der Waals surface area (Å²) in [5, 5.41) is 9.97. The lowest BCUT2D eigenvalue weighted by Crippen LogP contribution is -2.25. The lowest BCUT2D eigenvalue weighted by atomic mass is 10.2. The molecular formula is C8H16N4. The zero-order valence-corrected chi connectivity index (χ0v) is 7.35. The smallest absolute Gasteiger partial charge is 0.140 e. The summed E-state index contributed by atoms with van der Waals surface area (Å²) in [5.74, 6) is -0.104. The maximum atomic E-state index is 7.11. The number of hydrogen-bond acceptors (Lipinski definition) is 3. The molecule has 12 heavy (non-hydrogen) atoms. The second-order valence-corrected chi connectivity index (χ2v) is 2.40. The van der Waals surface area contributed by atoms with Crippen molar-refractivity contribution in [2.45, 2.75) is 19.8 Å². The molecule has 0 aliphatic carbocycles. The molecule has 0 spiro atoms. The molecule has 0 unspecified atom stereocenters. The molecule has 68 valence electrons. The van der Waals surface area contributed by atoms with Crippen LogP contribution < -0.4 is 16.8 Å². The van der Waals surface area contributed by atoms with Gasteiger partial charge in [0.1, 0.15) is 5.84 Å². The summed E-state index contributed by atoms with van der Waals surface area (Å²) in [6, 6.07) is 0. The van der Waals surface area contributed by atoms with Crippen LogP contribution in [0.1, 0.15) is 19.8 Å². The van der Waals surface area contributed by atoms with Crippen LogP contribution in [-0.2, 0) is 0 Å². The molecule has 0 aromatic rings. The molecule has 0 saturated carbocycles. The zero-order valence-electron chi connectivity index (χ0n) is 7.35. The Bertz CT molecular complexity index is 205. The van der Waals surface area contributed by atoms with Gasteiger partial charge in [-0.25, -0.2) is 0 Å². The summed E-state index contributed by atoms with van der Waals surface area (Å²) in [6.07, 6.45) is 3.25. The SMILES string of the molecule is C=CNC(CCC)=C(N)C(=N)N. The second-order valence-electron chi connectivity index (χ2n) is 2.40. The van der Waals surface area contributed by atoms with E-state index in [1.165, 1.54) is 6.20 Å². The predicted molar refractivity (Wildman–Crippen MR) is 51.4 cm³/mol. The van der Waals surface area contributed by atoms with E-state index in [9.17, 15) is 0 Å². The first kappa shape index (κ1) is 10.6. The van der Waals surface area contributed by atoms with Crippen LogP contribution in [0.2, 0.25) is 0 Å². The third-order valence-corrected chi connectivity index (χ3v) is 1.39. The number of rotatable bonds is 5. The van der Waals surface area contributed by atoms with E-state index in [1.807, 2.05) is 6.92 Å². The molecule has 0 fully saturated rings. The first-order valence-electron chi connectivity index (χ1n) is 3.83. The highest BCUT2D eigenvalue weighted by Crippen LogP contribution is 2.03. The molecule has 0 atom stereocenters. The van der Waals surface area contributed by atoms with Gasteiger partial charge in [-0.2, -0.15) is 0 Å². The Morgan fingerprint density at radius 3 is 2.50 bits per heavy atom. The molecule has 0 aliphatic rings. The van der Waals surface area contributed by atoms with E-state index in [4.69, 9.17) is 16.9 Å². The van der Waals surface area contributed by atoms with Crippen molar-refractivity contribution < 1.29 is 0 Å². The van der Waals surface area contributed by atoms with Crippen molar-refractivity contribution in [2.24, 2.45) is 11.5 Å². The standard InChI is InChI=1S/C8H16N4/c1-3-5-6(12-4-2)7(9)8(10)11/h4,12H,2-3,5,9H2,1H3,(H3,10,11). The molecule has 0 aromatic heterocycles. The van der Waals surface area contributed by atoms with E-state index >= 15 is 0 Å². The molecular weight excluding hydrogens is 152 g/mol. The van der Waals surface area contributed by atoms with Gasteiger partial charge in [-0.05, 0) is 12.6 Å². The molecule has 4 heteroatoms. The fourth-order valence-electron chi connectivity index (χ4n) is 0.820. The van der Waals surface area contributed by atoms with Crippen LogP contribution >= 0.6 is 0 Å². The number of nitrogens with one attached hydrogen (secondary N) is 2. The van der Waals surface area contributed by atoms with Gasteiger partial charge in [0, 0.05) is 5.70 Å². The summed E-state index contributed by atoms with van der Waals surface area (Å²) in [6.45, 7) is 5.54. The highest BCUT2D eigenvalue weighted by Gasteiger charge is 2.02. The van der Waals surface area contributed by atoms with Gasteiger partial charge in [-0.3, -0.25) is 5.41 Å². The van der Waals surface area contributed by atoms with Crippen LogP contribution in [0.4, 0.5) is 0 Å². The van der Waals surface area contributed by atoms with Gasteiger partial charge in [-0.15, -0.1) is 0 Å². The van der Waals surface area contributed by atoms with E-state index in [2.05, 4.69) is 11.9 Å². The van der Waals surface area contributed by atoms with Gasteiger partial charge in [0.05, 0.1) is 5.70 Å². The average molecular weight is 168 g/mol. The number of allylic oxidation sites excluding steroid dienone is 1. The molecule has 0 bridgehead atoms. The van der Waals surface area contributed by atoms with Gasteiger partial charge in [-0.1, -0.05) is 19.9 Å².